The molecule has 0 saturated carbocycles. The highest BCUT2D eigenvalue weighted by atomic mass is 35.5. The van der Waals surface area contributed by atoms with Gasteiger partial charge in [-0.2, -0.15) is 0 Å². The van der Waals surface area contributed by atoms with Crippen LogP contribution in [0.5, 0.6) is 5.75 Å². The molecule has 0 unspecified atom stereocenters. The second kappa shape index (κ2) is 11.2. The zero-order chi connectivity index (χ0) is 21.5. The molecule has 0 spiro atoms. The Morgan fingerprint density at radius 2 is 1.65 bits per heavy atom. The topological polar surface area (TPSA) is 46.2 Å². The third-order valence-corrected chi connectivity index (χ3v) is 6.43. The molecule has 2 fully saturated rings. The first-order valence-electron chi connectivity index (χ1n) is 11.0. The molecule has 0 amide bonds. The summed E-state index contributed by atoms with van der Waals surface area (Å²) in [4.78, 5) is 4.86. The second-order valence-corrected chi connectivity index (χ2v) is 8.31. The lowest BCUT2D eigenvalue weighted by Crippen LogP contribution is -2.43. The molecule has 0 aliphatic carbocycles. The fraction of sp³-hybridized carbons (Fsp3) is 0.500. The minimum Gasteiger partial charge on any atom is -0.497 e. The number of methoxy groups -OCH3 is 1. The number of hydrogen-bond donors (Lipinski definition) is 1. The van der Waals surface area contributed by atoms with E-state index in [-0.39, 0.29) is 6.04 Å². The SMILES string of the molecule is COc1ccc([C@H](CNCc2c(Cl)cccc2N2CCOCC2)N2CCOCC2)cc1. The Bertz CT molecular complexity index is 821. The average molecular weight is 446 g/mol. The number of rotatable bonds is 8. The minimum atomic E-state index is 0.268. The molecule has 7 heteroatoms. The van der Waals surface area contributed by atoms with Gasteiger partial charge in [-0.15, -0.1) is 0 Å². The molecule has 2 saturated heterocycles. The number of nitrogens with one attached hydrogen (secondary N) is 1. The molecule has 6 nitrogen and oxygen atoms in total. The first-order chi connectivity index (χ1) is 15.3. The molecule has 2 heterocycles. The third kappa shape index (κ3) is 5.70. The summed E-state index contributed by atoms with van der Waals surface area (Å²) in [6.45, 7) is 8.30. The van der Waals surface area contributed by atoms with Crippen molar-refractivity contribution in [3.8, 4) is 5.75 Å². The standard InChI is InChI=1S/C24H32ClN3O3/c1-29-20-7-5-19(6-8-20)24(28-11-15-31-16-12-28)18-26-17-21-22(25)3-2-4-23(21)27-9-13-30-14-10-27/h2-8,24,26H,9-18H2,1H3/t24-/m0/s1. The van der Waals surface area contributed by atoms with E-state index < -0.39 is 0 Å². The van der Waals surface area contributed by atoms with E-state index >= 15 is 0 Å². The summed E-state index contributed by atoms with van der Waals surface area (Å²) >= 11 is 6.62. The van der Waals surface area contributed by atoms with Crippen molar-refractivity contribution in [1.82, 2.24) is 10.2 Å². The normalized spacial score (nSPS) is 18.7. The molecule has 2 aliphatic rings. The Kier molecular flexibility index (Phi) is 8.05. The highest BCUT2D eigenvalue weighted by Gasteiger charge is 2.23. The molecule has 2 aromatic carbocycles. The zero-order valence-corrected chi connectivity index (χ0v) is 18.9. The van der Waals surface area contributed by atoms with E-state index in [2.05, 4.69) is 33.3 Å². The van der Waals surface area contributed by atoms with Gasteiger partial charge in [-0.05, 0) is 29.8 Å². The molecule has 1 atom stereocenters. The summed E-state index contributed by atoms with van der Waals surface area (Å²) in [5, 5.41) is 4.50. The maximum absolute atomic E-state index is 6.62. The van der Waals surface area contributed by atoms with Crippen LogP contribution in [-0.2, 0) is 16.0 Å². The second-order valence-electron chi connectivity index (χ2n) is 7.91. The van der Waals surface area contributed by atoms with Crippen molar-refractivity contribution in [1.29, 1.82) is 0 Å². The van der Waals surface area contributed by atoms with Gasteiger partial charge in [0.1, 0.15) is 5.75 Å². The number of hydrogen-bond acceptors (Lipinski definition) is 6. The third-order valence-electron chi connectivity index (χ3n) is 6.07. The number of ether oxygens (including phenoxy) is 3. The number of anilines is 1. The molecule has 4 rings (SSSR count). The molecular formula is C24H32ClN3O3. The molecule has 2 aromatic rings. The highest BCUT2D eigenvalue weighted by Crippen LogP contribution is 2.29. The van der Waals surface area contributed by atoms with Gasteiger partial charge < -0.3 is 24.4 Å². The van der Waals surface area contributed by atoms with E-state index in [1.54, 1.807) is 7.11 Å². The smallest absolute Gasteiger partial charge is 0.118 e. The molecule has 0 radical (unpaired) electrons. The van der Waals surface area contributed by atoms with Gasteiger partial charge in [0.25, 0.3) is 0 Å². The largest absolute Gasteiger partial charge is 0.497 e. The van der Waals surface area contributed by atoms with Crippen LogP contribution in [-0.4, -0.2) is 71.2 Å². The van der Waals surface area contributed by atoms with Crippen LogP contribution >= 0.6 is 11.6 Å². The predicted molar refractivity (Wildman–Crippen MR) is 124 cm³/mol. The summed E-state index contributed by atoms with van der Waals surface area (Å²) in [6, 6.07) is 14.8. The molecular weight excluding hydrogens is 414 g/mol. The number of benzene rings is 2. The summed E-state index contributed by atoms with van der Waals surface area (Å²) in [6.07, 6.45) is 0. The Morgan fingerprint density at radius 3 is 2.32 bits per heavy atom. The van der Waals surface area contributed by atoms with Gasteiger partial charge in [-0.1, -0.05) is 29.8 Å². The maximum atomic E-state index is 6.62. The van der Waals surface area contributed by atoms with Crippen LogP contribution in [0.2, 0.25) is 5.02 Å². The Balaban J connectivity index is 1.47. The maximum Gasteiger partial charge on any atom is 0.118 e. The van der Waals surface area contributed by atoms with E-state index in [4.69, 9.17) is 25.8 Å². The first kappa shape index (κ1) is 22.4. The van der Waals surface area contributed by atoms with Crippen molar-refractivity contribution in [2.45, 2.75) is 12.6 Å². The Morgan fingerprint density at radius 1 is 0.968 bits per heavy atom. The van der Waals surface area contributed by atoms with E-state index in [0.29, 0.717) is 0 Å². The van der Waals surface area contributed by atoms with Gasteiger partial charge in [0.2, 0.25) is 0 Å². The van der Waals surface area contributed by atoms with Gasteiger partial charge >= 0.3 is 0 Å². The Hall–Kier alpha value is -1.83. The number of halogens is 1. The highest BCUT2D eigenvalue weighted by molar-refractivity contribution is 6.31. The van der Waals surface area contributed by atoms with Gasteiger partial charge in [0.05, 0.1) is 33.5 Å². The summed E-state index contributed by atoms with van der Waals surface area (Å²) in [7, 11) is 1.70. The summed E-state index contributed by atoms with van der Waals surface area (Å²) < 4.78 is 16.4. The van der Waals surface area contributed by atoms with Gasteiger partial charge in [-0.25, -0.2) is 0 Å². The molecule has 2 aliphatic heterocycles. The molecule has 168 valence electrons. The lowest BCUT2D eigenvalue weighted by Gasteiger charge is -2.35. The van der Waals surface area contributed by atoms with E-state index in [9.17, 15) is 0 Å². The number of morpholine rings is 2. The van der Waals surface area contributed by atoms with Crippen LogP contribution in [0.15, 0.2) is 42.5 Å². The average Bonchev–Trinajstić information content (AvgIpc) is 2.84. The summed E-state index contributed by atoms with van der Waals surface area (Å²) in [5.41, 5.74) is 3.64. The molecule has 0 aromatic heterocycles. The van der Waals surface area contributed by atoms with Crippen molar-refractivity contribution < 1.29 is 14.2 Å². The van der Waals surface area contributed by atoms with Crippen LogP contribution in [0.4, 0.5) is 5.69 Å². The van der Waals surface area contributed by atoms with Crippen LogP contribution in [0.25, 0.3) is 0 Å². The van der Waals surface area contributed by atoms with Crippen molar-refractivity contribution in [3.63, 3.8) is 0 Å². The van der Waals surface area contributed by atoms with Crippen molar-refractivity contribution in [3.05, 3.63) is 58.6 Å². The van der Waals surface area contributed by atoms with E-state index in [1.165, 1.54) is 11.3 Å². The minimum absolute atomic E-state index is 0.268. The Labute approximate surface area is 190 Å². The van der Waals surface area contributed by atoms with Crippen molar-refractivity contribution in [2.75, 3.05) is 71.2 Å². The van der Waals surface area contributed by atoms with Crippen molar-refractivity contribution in [2.24, 2.45) is 0 Å². The van der Waals surface area contributed by atoms with E-state index in [1.807, 2.05) is 24.3 Å². The fourth-order valence-electron chi connectivity index (χ4n) is 4.33. The fourth-order valence-corrected chi connectivity index (χ4v) is 4.57. The molecule has 0 bridgehead atoms. The van der Waals surface area contributed by atoms with Crippen LogP contribution in [0.1, 0.15) is 17.2 Å². The van der Waals surface area contributed by atoms with Gasteiger partial charge in [0.15, 0.2) is 0 Å². The lowest BCUT2D eigenvalue weighted by atomic mass is 10.0. The number of nitrogens with zero attached hydrogens (tertiary/aromatic N) is 2. The zero-order valence-electron chi connectivity index (χ0n) is 18.2. The van der Waals surface area contributed by atoms with Gasteiger partial charge in [0, 0.05) is 61.6 Å². The van der Waals surface area contributed by atoms with Crippen LogP contribution in [0, 0.1) is 0 Å². The monoisotopic (exact) mass is 445 g/mol. The summed E-state index contributed by atoms with van der Waals surface area (Å²) in [5.74, 6) is 0.878. The predicted octanol–water partition coefficient (Wildman–Crippen LogP) is 3.35. The quantitative estimate of drug-likeness (QED) is 0.672. The van der Waals surface area contributed by atoms with Gasteiger partial charge in [-0.3, -0.25) is 4.90 Å². The lowest BCUT2D eigenvalue weighted by molar-refractivity contribution is 0.0161. The van der Waals surface area contributed by atoms with Crippen LogP contribution < -0.4 is 15.0 Å². The molecule has 31 heavy (non-hydrogen) atoms. The first-order valence-corrected chi connectivity index (χ1v) is 11.4. The van der Waals surface area contributed by atoms with Crippen molar-refractivity contribution >= 4 is 17.3 Å². The molecule has 1 N–H and O–H groups in total. The van der Waals surface area contributed by atoms with E-state index in [0.717, 1.165) is 82.0 Å². The van der Waals surface area contributed by atoms with Crippen LogP contribution in [0.3, 0.4) is 0 Å².